The Morgan fingerprint density at radius 2 is 1.80 bits per heavy atom. The molecule has 0 atom stereocenters. The third-order valence-electron chi connectivity index (χ3n) is 2.73. The first-order chi connectivity index (χ1) is 9.58. The van der Waals surface area contributed by atoms with Crippen molar-refractivity contribution in [2.75, 3.05) is 63.1 Å². The highest BCUT2D eigenvalue weighted by atomic mass is 16.5. The zero-order valence-corrected chi connectivity index (χ0v) is 13.2. The van der Waals surface area contributed by atoms with E-state index < -0.39 is 0 Å². The monoisotopic (exact) mass is 282 g/mol. The molecule has 0 amide bonds. The summed E-state index contributed by atoms with van der Waals surface area (Å²) in [6.07, 6.45) is 1.97. The maximum atomic E-state index is 5.07. The van der Waals surface area contributed by atoms with Gasteiger partial charge < -0.3 is 19.9 Å². The molecule has 0 fully saturated rings. The number of hydrogen-bond acceptors (Lipinski definition) is 7. The summed E-state index contributed by atoms with van der Waals surface area (Å²) in [7, 11) is 7.54. The standard InChI is InChI=1S/C13H26N6O/c1-6-8-14-11-15-12(18(2)3)17-13(16-11)19(4)9-7-10-20-5/h6-10H2,1-5H3,(H,14,15,16,17). The van der Waals surface area contributed by atoms with Crippen LogP contribution in [-0.4, -0.2) is 62.9 Å². The lowest BCUT2D eigenvalue weighted by Crippen LogP contribution is -2.25. The number of methoxy groups -OCH3 is 1. The fourth-order valence-corrected chi connectivity index (χ4v) is 1.59. The minimum absolute atomic E-state index is 0.624. The van der Waals surface area contributed by atoms with Gasteiger partial charge in [0.1, 0.15) is 0 Å². The number of anilines is 3. The second-order valence-corrected chi connectivity index (χ2v) is 4.85. The summed E-state index contributed by atoms with van der Waals surface area (Å²) < 4.78 is 5.07. The molecule has 7 heteroatoms. The van der Waals surface area contributed by atoms with Crippen LogP contribution in [0.5, 0.6) is 0 Å². The van der Waals surface area contributed by atoms with Crippen LogP contribution in [0.15, 0.2) is 0 Å². The molecule has 0 aliphatic rings. The fraction of sp³-hybridized carbons (Fsp3) is 0.769. The van der Waals surface area contributed by atoms with Gasteiger partial charge >= 0.3 is 0 Å². The lowest BCUT2D eigenvalue weighted by molar-refractivity contribution is 0.196. The Kier molecular flexibility index (Phi) is 7.00. The van der Waals surface area contributed by atoms with Gasteiger partial charge in [-0.3, -0.25) is 0 Å². The van der Waals surface area contributed by atoms with Crippen LogP contribution in [0.1, 0.15) is 19.8 Å². The molecule has 0 unspecified atom stereocenters. The van der Waals surface area contributed by atoms with Gasteiger partial charge in [-0.1, -0.05) is 6.92 Å². The van der Waals surface area contributed by atoms with Crippen LogP contribution >= 0.6 is 0 Å². The minimum Gasteiger partial charge on any atom is -0.385 e. The molecule has 1 aromatic rings. The maximum Gasteiger partial charge on any atom is 0.231 e. The number of nitrogens with one attached hydrogen (secondary N) is 1. The lowest BCUT2D eigenvalue weighted by atomic mass is 10.4. The van der Waals surface area contributed by atoms with E-state index in [4.69, 9.17) is 4.74 Å². The van der Waals surface area contributed by atoms with E-state index >= 15 is 0 Å². The van der Waals surface area contributed by atoms with E-state index in [1.54, 1.807) is 7.11 Å². The number of rotatable bonds is 9. The Bertz CT molecular complexity index is 398. The van der Waals surface area contributed by atoms with Crippen LogP contribution in [0.4, 0.5) is 17.8 Å². The first-order valence-corrected chi connectivity index (χ1v) is 6.95. The summed E-state index contributed by atoms with van der Waals surface area (Å²) in [5.74, 6) is 1.96. The molecule has 0 spiro atoms. The molecule has 0 aromatic carbocycles. The maximum absolute atomic E-state index is 5.07. The van der Waals surface area contributed by atoms with Crippen molar-refractivity contribution in [3.05, 3.63) is 0 Å². The summed E-state index contributed by atoms with van der Waals surface area (Å²) in [6, 6.07) is 0. The van der Waals surface area contributed by atoms with Crippen molar-refractivity contribution in [1.29, 1.82) is 0 Å². The third kappa shape index (κ3) is 5.16. The molecule has 0 aliphatic heterocycles. The Balaban J connectivity index is 2.84. The first-order valence-electron chi connectivity index (χ1n) is 6.95. The normalized spacial score (nSPS) is 10.4. The zero-order chi connectivity index (χ0) is 15.0. The average Bonchev–Trinajstić information content (AvgIpc) is 2.44. The molecule has 20 heavy (non-hydrogen) atoms. The molecule has 0 saturated carbocycles. The van der Waals surface area contributed by atoms with E-state index in [9.17, 15) is 0 Å². The number of aromatic nitrogens is 3. The van der Waals surface area contributed by atoms with Crippen LogP contribution in [0, 0.1) is 0 Å². The molecule has 7 nitrogen and oxygen atoms in total. The van der Waals surface area contributed by atoms with Gasteiger partial charge in [-0.15, -0.1) is 0 Å². The first kappa shape index (κ1) is 16.4. The van der Waals surface area contributed by atoms with Gasteiger partial charge in [-0.2, -0.15) is 15.0 Å². The van der Waals surface area contributed by atoms with Crippen LogP contribution in [-0.2, 0) is 4.74 Å². The molecule has 0 saturated heterocycles. The molecule has 0 aliphatic carbocycles. The molecule has 114 valence electrons. The molecule has 1 N–H and O–H groups in total. The van der Waals surface area contributed by atoms with E-state index in [0.717, 1.165) is 32.5 Å². The number of nitrogens with zero attached hydrogens (tertiary/aromatic N) is 5. The second kappa shape index (κ2) is 8.52. The van der Waals surface area contributed by atoms with E-state index in [-0.39, 0.29) is 0 Å². The third-order valence-corrected chi connectivity index (χ3v) is 2.73. The van der Waals surface area contributed by atoms with Crippen molar-refractivity contribution in [2.24, 2.45) is 0 Å². The molecular weight excluding hydrogens is 256 g/mol. The molecule has 0 bridgehead atoms. The highest BCUT2D eigenvalue weighted by Crippen LogP contribution is 2.14. The predicted molar refractivity (Wildman–Crippen MR) is 82.7 cm³/mol. The average molecular weight is 282 g/mol. The fourth-order valence-electron chi connectivity index (χ4n) is 1.59. The predicted octanol–water partition coefficient (Wildman–Crippen LogP) is 1.23. The van der Waals surface area contributed by atoms with Crippen molar-refractivity contribution >= 4 is 17.8 Å². The highest BCUT2D eigenvalue weighted by Gasteiger charge is 2.11. The zero-order valence-electron chi connectivity index (χ0n) is 13.2. The van der Waals surface area contributed by atoms with E-state index in [2.05, 4.69) is 27.2 Å². The van der Waals surface area contributed by atoms with Gasteiger partial charge in [0.25, 0.3) is 0 Å². The molecular formula is C13H26N6O. The Morgan fingerprint density at radius 3 is 2.40 bits per heavy atom. The van der Waals surface area contributed by atoms with Gasteiger partial charge in [0.15, 0.2) is 0 Å². The second-order valence-electron chi connectivity index (χ2n) is 4.85. The summed E-state index contributed by atoms with van der Waals surface area (Å²) in [6.45, 7) is 4.54. The van der Waals surface area contributed by atoms with Crippen molar-refractivity contribution < 1.29 is 4.74 Å². The quantitative estimate of drug-likeness (QED) is 0.683. The summed E-state index contributed by atoms with van der Waals surface area (Å²) in [5.41, 5.74) is 0. The van der Waals surface area contributed by atoms with Crippen molar-refractivity contribution in [2.45, 2.75) is 19.8 Å². The summed E-state index contributed by atoms with van der Waals surface area (Å²) in [5, 5.41) is 3.21. The summed E-state index contributed by atoms with van der Waals surface area (Å²) >= 11 is 0. The van der Waals surface area contributed by atoms with Gasteiger partial charge in [0.05, 0.1) is 0 Å². The van der Waals surface area contributed by atoms with E-state index in [1.807, 2.05) is 30.9 Å². The Hall–Kier alpha value is -1.63. The van der Waals surface area contributed by atoms with Crippen molar-refractivity contribution in [3.63, 3.8) is 0 Å². The van der Waals surface area contributed by atoms with Gasteiger partial charge in [0, 0.05) is 47.9 Å². The Labute approximate surface area is 121 Å². The molecule has 0 radical (unpaired) electrons. The van der Waals surface area contributed by atoms with Crippen LogP contribution in [0.25, 0.3) is 0 Å². The van der Waals surface area contributed by atoms with Crippen molar-refractivity contribution in [3.8, 4) is 0 Å². The van der Waals surface area contributed by atoms with Gasteiger partial charge in [-0.25, -0.2) is 0 Å². The van der Waals surface area contributed by atoms with Crippen LogP contribution < -0.4 is 15.1 Å². The largest absolute Gasteiger partial charge is 0.385 e. The van der Waals surface area contributed by atoms with Gasteiger partial charge in [-0.05, 0) is 12.8 Å². The number of hydrogen-bond donors (Lipinski definition) is 1. The van der Waals surface area contributed by atoms with E-state index in [0.29, 0.717) is 17.8 Å². The molecule has 1 aromatic heterocycles. The van der Waals surface area contributed by atoms with E-state index in [1.165, 1.54) is 0 Å². The van der Waals surface area contributed by atoms with Crippen LogP contribution in [0.2, 0.25) is 0 Å². The molecule has 1 heterocycles. The summed E-state index contributed by atoms with van der Waals surface area (Å²) in [4.78, 5) is 17.2. The van der Waals surface area contributed by atoms with Gasteiger partial charge in [0.2, 0.25) is 17.8 Å². The topological polar surface area (TPSA) is 66.4 Å². The van der Waals surface area contributed by atoms with Crippen molar-refractivity contribution in [1.82, 2.24) is 15.0 Å². The lowest BCUT2D eigenvalue weighted by Gasteiger charge is -2.19. The number of ether oxygens (including phenoxy) is 1. The smallest absolute Gasteiger partial charge is 0.231 e. The van der Waals surface area contributed by atoms with Crippen LogP contribution in [0.3, 0.4) is 0 Å². The molecule has 1 rings (SSSR count). The minimum atomic E-state index is 0.624. The SMILES string of the molecule is CCCNc1nc(N(C)C)nc(N(C)CCCOC)n1. The highest BCUT2D eigenvalue weighted by molar-refractivity contribution is 5.44. The Morgan fingerprint density at radius 1 is 1.10 bits per heavy atom.